The van der Waals surface area contributed by atoms with E-state index in [2.05, 4.69) is 29.7 Å². The van der Waals surface area contributed by atoms with Crippen molar-refractivity contribution in [2.75, 3.05) is 13.1 Å². The summed E-state index contributed by atoms with van der Waals surface area (Å²) in [6.07, 6.45) is 7.24. The Hall–Kier alpha value is -0.340. The Labute approximate surface area is 62.7 Å². The SMILES string of the molecule is CCC=CCC1NCCN1. The molecule has 1 fully saturated rings. The first-order valence-corrected chi connectivity index (χ1v) is 4.05. The molecule has 10 heavy (non-hydrogen) atoms. The summed E-state index contributed by atoms with van der Waals surface area (Å²) >= 11 is 0. The van der Waals surface area contributed by atoms with Crippen LogP contribution < -0.4 is 10.6 Å². The minimum absolute atomic E-state index is 0.530. The maximum atomic E-state index is 3.35. The second kappa shape index (κ2) is 4.47. The number of nitrogens with one attached hydrogen (secondary N) is 2. The molecule has 1 heterocycles. The maximum absolute atomic E-state index is 3.35. The minimum atomic E-state index is 0.530. The lowest BCUT2D eigenvalue weighted by atomic mass is 10.3. The van der Waals surface area contributed by atoms with Gasteiger partial charge in [-0.1, -0.05) is 19.1 Å². The van der Waals surface area contributed by atoms with Crippen molar-refractivity contribution in [3.05, 3.63) is 12.2 Å². The predicted molar refractivity (Wildman–Crippen MR) is 43.8 cm³/mol. The molecule has 0 radical (unpaired) electrons. The average Bonchev–Trinajstić information content (AvgIpc) is 2.41. The number of hydrogen-bond acceptors (Lipinski definition) is 2. The van der Waals surface area contributed by atoms with Crippen molar-refractivity contribution in [3.8, 4) is 0 Å². The van der Waals surface area contributed by atoms with E-state index in [0.29, 0.717) is 6.17 Å². The number of rotatable bonds is 3. The molecule has 2 heteroatoms. The summed E-state index contributed by atoms with van der Waals surface area (Å²) in [5.74, 6) is 0. The lowest BCUT2D eigenvalue weighted by Crippen LogP contribution is -2.29. The first kappa shape index (κ1) is 7.76. The maximum Gasteiger partial charge on any atom is 0.0607 e. The fraction of sp³-hybridized carbons (Fsp3) is 0.750. The van der Waals surface area contributed by atoms with Gasteiger partial charge in [0.25, 0.3) is 0 Å². The third-order valence-electron chi connectivity index (χ3n) is 1.68. The van der Waals surface area contributed by atoms with E-state index in [4.69, 9.17) is 0 Å². The van der Waals surface area contributed by atoms with Crippen LogP contribution in [-0.4, -0.2) is 19.3 Å². The van der Waals surface area contributed by atoms with E-state index in [9.17, 15) is 0 Å². The highest BCUT2D eigenvalue weighted by atomic mass is 15.2. The van der Waals surface area contributed by atoms with Gasteiger partial charge in [0.05, 0.1) is 6.17 Å². The van der Waals surface area contributed by atoms with Gasteiger partial charge in [0.2, 0.25) is 0 Å². The van der Waals surface area contributed by atoms with Crippen LogP contribution in [0.25, 0.3) is 0 Å². The lowest BCUT2D eigenvalue weighted by Gasteiger charge is -2.05. The molecule has 58 valence electrons. The van der Waals surface area contributed by atoms with Crippen LogP contribution in [0.5, 0.6) is 0 Å². The molecule has 0 spiro atoms. The van der Waals surface area contributed by atoms with Crippen LogP contribution in [-0.2, 0) is 0 Å². The third kappa shape index (κ3) is 2.50. The van der Waals surface area contributed by atoms with Crippen LogP contribution in [0.2, 0.25) is 0 Å². The first-order chi connectivity index (χ1) is 4.93. The Morgan fingerprint density at radius 2 is 2.00 bits per heavy atom. The molecule has 1 rings (SSSR count). The highest BCUT2D eigenvalue weighted by Crippen LogP contribution is 1.94. The summed E-state index contributed by atoms with van der Waals surface area (Å²) in [5.41, 5.74) is 0. The third-order valence-corrected chi connectivity index (χ3v) is 1.68. The van der Waals surface area contributed by atoms with Gasteiger partial charge >= 0.3 is 0 Å². The predicted octanol–water partition coefficient (Wildman–Crippen LogP) is 0.862. The fourth-order valence-electron chi connectivity index (χ4n) is 1.13. The van der Waals surface area contributed by atoms with Gasteiger partial charge in [-0.05, 0) is 12.8 Å². The van der Waals surface area contributed by atoms with Crippen molar-refractivity contribution < 1.29 is 0 Å². The molecular weight excluding hydrogens is 124 g/mol. The molecule has 0 unspecified atom stereocenters. The van der Waals surface area contributed by atoms with Gasteiger partial charge in [-0.3, -0.25) is 0 Å². The van der Waals surface area contributed by atoms with Gasteiger partial charge in [-0.15, -0.1) is 0 Å². The van der Waals surface area contributed by atoms with E-state index >= 15 is 0 Å². The van der Waals surface area contributed by atoms with E-state index in [-0.39, 0.29) is 0 Å². The van der Waals surface area contributed by atoms with Crippen LogP contribution in [0.3, 0.4) is 0 Å². The Morgan fingerprint density at radius 3 is 2.60 bits per heavy atom. The fourth-order valence-corrected chi connectivity index (χ4v) is 1.13. The van der Waals surface area contributed by atoms with E-state index in [0.717, 1.165) is 25.9 Å². The molecule has 0 bridgehead atoms. The highest BCUT2D eigenvalue weighted by Gasteiger charge is 2.09. The zero-order valence-electron chi connectivity index (χ0n) is 6.56. The van der Waals surface area contributed by atoms with Crippen LogP contribution in [0.4, 0.5) is 0 Å². The first-order valence-electron chi connectivity index (χ1n) is 4.05. The monoisotopic (exact) mass is 140 g/mol. The number of allylic oxidation sites excluding steroid dienone is 1. The Bertz CT molecular complexity index is 104. The smallest absolute Gasteiger partial charge is 0.0607 e. The van der Waals surface area contributed by atoms with Gasteiger partial charge < -0.3 is 10.6 Å². The normalized spacial score (nSPS) is 20.9. The largest absolute Gasteiger partial charge is 0.300 e. The second-order valence-electron chi connectivity index (χ2n) is 2.58. The van der Waals surface area contributed by atoms with Crippen molar-refractivity contribution in [1.29, 1.82) is 0 Å². The topological polar surface area (TPSA) is 24.1 Å². The summed E-state index contributed by atoms with van der Waals surface area (Å²) < 4.78 is 0. The molecular formula is C8H16N2. The highest BCUT2D eigenvalue weighted by molar-refractivity contribution is 4.86. The summed E-state index contributed by atoms with van der Waals surface area (Å²) in [7, 11) is 0. The zero-order valence-corrected chi connectivity index (χ0v) is 6.56. The second-order valence-corrected chi connectivity index (χ2v) is 2.58. The van der Waals surface area contributed by atoms with Gasteiger partial charge in [-0.2, -0.15) is 0 Å². The van der Waals surface area contributed by atoms with Gasteiger partial charge in [-0.25, -0.2) is 0 Å². The van der Waals surface area contributed by atoms with Gasteiger partial charge in [0.1, 0.15) is 0 Å². The summed E-state index contributed by atoms with van der Waals surface area (Å²) in [6.45, 7) is 4.39. The molecule has 0 amide bonds. The molecule has 0 aromatic heterocycles. The Kier molecular flexibility index (Phi) is 3.47. The zero-order chi connectivity index (χ0) is 7.23. The molecule has 0 saturated carbocycles. The quantitative estimate of drug-likeness (QED) is 0.568. The van der Waals surface area contributed by atoms with E-state index < -0.39 is 0 Å². The molecule has 0 aromatic rings. The molecule has 1 aliphatic heterocycles. The van der Waals surface area contributed by atoms with Gasteiger partial charge in [0, 0.05) is 13.1 Å². The molecule has 0 aromatic carbocycles. The van der Waals surface area contributed by atoms with E-state index in [1.165, 1.54) is 0 Å². The molecule has 1 aliphatic rings. The van der Waals surface area contributed by atoms with Crippen molar-refractivity contribution in [2.24, 2.45) is 0 Å². The Balaban J connectivity index is 2.06. The van der Waals surface area contributed by atoms with Crippen molar-refractivity contribution in [1.82, 2.24) is 10.6 Å². The molecule has 2 nitrogen and oxygen atoms in total. The molecule has 0 aliphatic carbocycles. The summed E-state index contributed by atoms with van der Waals surface area (Å²) in [4.78, 5) is 0. The van der Waals surface area contributed by atoms with Crippen LogP contribution in [0, 0.1) is 0 Å². The minimum Gasteiger partial charge on any atom is -0.300 e. The number of hydrogen-bond donors (Lipinski definition) is 2. The lowest BCUT2D eigenvalue weighted by molar-refractivity contribution is 0.560. The average molecular weight is 140 g/mol. The van der Waals surface area contributed by atoms with Crippen molar-refractivity contribution in [2.45, 2.75) is 25.9 Å². The summed E-state index contributed by atoms with van der Waals surface area (Å²) in [6, 6.07) is 0. The van der Waals surface area contributed by atoms with Crippen LogP contribution >= 0.6 is 0 Å². The van der Waals surface area contributed by atoms with E-state index in [1.54, 1.807) is 0 Å². The van der Waals surface area contributed by atoms with Crippen LogP contribution in [0.15, 0.2) is 12.2 Å². The summed E-state index contributed by atoms with van der Waals surface area (Å²) in [5, 5.41) is 6.71. The van der Waals surface area contributed by atoms with Crippen molar-refractivity contribution in [3.63, 3.8) is 0 Å². The standard InChI is InChI=1S/C8H16N2/c1-2-3-4-5-8-9-6-7-10-8/h3-4,8-10H,2,5-7H2,1H3. The van der Waals surface area contributed by atoms with E-state index in [1.807, 2.05) is 0 Å². The molecule has 1 saturated heterocycles. The molecule has 0 atom stereocenters. The van der Waals surface area contributed by atoms with Crippen LogP contribution in [0.1, 0.15) is 19.8 Å². The Morgan fingerprint density at radius 1 is 1.30 bits per heavy atom. The van der Waals surface area contributed by atoms with Gasteiger partial charge in [0.15, 0.2) is 0 Å². The molecule has 2 N–H and O–H groups in total. The van der Waals surface area contributed by atoms with Crippen molar-refractivity contribution >= 4 is 0 Å².